The van der Waals surface area contributed by atoms with Crippen molar-refractivity contribution >= 4 is 17.5 Å². The van der Waals surface area contributed by atoms with Crippen LogP contribution in [0.3, 0.4) is 0 Å². The summed E-state index contributed by atoms with van der Waals surface area (Å²) in [7, 11) is 0. The van der Waals surface area contributed by atoms with Crippen molar-refractivity contribution < 1.29 is 23.8 Å². The van der Waals surface area contributed by atoms with Crippen LogP contribution in [0.15, 0.2) is 42.5 Å². The zero-order chi connectivity index (χ0) is 21.5. The van der Waals surface area contributed by atoms with E-state index in [1.807, 2.05) is 6.07 Å². The number of rotatable bonds is 7. The van der Waals surface area contributed by atoms with Gasteiger partial charge < -0.3 is 29.7 Å². The molecule has 0 aliphatic carbocycles. The number of hydrogen-bond acceptors (Lipinski definition) is 6. The minimum atomic E-state index is -0.646. The van der Waals surface area contributed by atoms with Crippen LogP contribution in [-0.4, -0.2) is 51.5 Å². The second kappa shape index (κ2) is 10.2. The fourth-order valence-corrected chi connectivity index (χ4v) is 3.58. The molecule has 2 amide bonds. The molecule has 4 rings (SSSR count). The quantitative estimate of drug-likeness (QED) is 0.518. The SMILES string of the molecule is O=C(NCCCc1ccc(N2CCOCC2)cc1)C(=O)NCc1ccc2c(c1)OCO2. The zero-order valence-electron chi connectivity index (χ0n) is 17.4. The fourth-order valence-electron chi connectivity index (χ4n) is 3.58. The Morgan fingerprint density at radius 2 is 1.58 bits per heavy atom. The van der Waals surface area contributed by atoms with Crippen LogP contribution in [0, 0.1) is 0 Å². The average Bonchev–Trinajstić information content (AvgIpc) is 3.29. The van der Waals surface area contributed by atoms with E-state index in [1.165, 1.54) is 11.3 Å². The summed E-state index contributed by atoms with van der Waals surface area (Å²) in [6, 6.07) is 13.9. The number of morpholine rings is 1. The molecule has 0 aromatic heterocycles. The summed E-state index contributed by atoms with van der Waals surface area (Å²) >= 11 is 0. The summed E-state index contributed by atoms with van der Waals surface area (Å²) in [6.45, 7) is 4.27. The summed E-state index contributed by atoms with van der Waals surface area (Å²) in [4.78, 5) is 26.3. The van der Waals surface area contributed by atoms with Gasteiger partial charge in [-0.1, -0.05) is 18.2 Å². The number of anilines is 1. The van der Waals surface area contributed by atoms with Crippen LogP contribution in [0.4, 0.5) is 5.69 Å². The molecule has 2 N–H and O–H groups in total. The molecule has 2 heterocycles. The molecule has 0 saturated carbocycles. The number of hydrogen-bond donors (Lipinski definition) is 2. The van der Waals surface area contributed by atoms with Gasteiger partial charge in [0.2, 0.25) is 6.79 Å². The van der Waals surface area contributed by atoms with Crippen LogP contribution in [-0.2, 0) is 27.3 Å². The lowest BCUT2D eigenvalue weighted by molar-refractivity contribution is -0.139. The summed E-state index contributed by atoms with van der Waals surface area (Å²) < 4.78 is 16.0. The number of amides is 2. The lowest BCUT2D eigenvalue weighted by Gasteiger charge is -2.28. The molecule has 0 atom stereocenters. The van der Waals surface area contributed by atoms with E-state index in [2.05, 4.69) is 39.8 Å². The maximum absolute atomic E-state index is 12.0. The lowest BCUT2D eigenvalue weighted by atomic mass is 10.1. The van der Waals surface area contributed by atoms with Crippen LogP contribution in [0.25, 0.3) is 0 Å². The van der Waals surface area contributed by atoms with Crippen LogP contribution < -0.4 is 25.0 Å². The van der Waals surface area contributed by atoms with Crippen molar-refractivity contribution in [1.29, 1.82) is 0 Å². The predicted octanol–water partition coefficient (Wildman–Crippen LogP) is 1.62. The van der Waals surface area contributed by atoms with Gasteiger partial charge in [-0.05, 0) is 48.2 Å². The standard InChI is InChI=1S/C23H27N3O5/c27-22(23(28)25-15-18-5-8-20-21(14-18)31-16-30-20)24-9-1-2-17-3-6-19(7-4-17)26-10-12-29-13-11-26/h3-8,14H,1-2,9-13,15-16H2,(H,24,27)(H,25,28). The summed E-state index contributed by atoms with van der Waals surface area (Å²) in [5.74, 6) is 0.0636. The molecule has 164 valence electrons. The van der Waals surface area contributed by atoms with Crippen LogP contribution in [0.1, 0.15) is 17.5 Å². The molecule has 1 saturated heterocycles. The number of benzene rings is 2. The number of ether oxygens (including phenoxy) is 3. The first kappa shape index (κ1) is 21.0. The van der Waals surface area contributed by atoms with E-state index in [9.17, 15) is 9.59 Å². The fraction of sp³-hybridized carbons (Fsp3) is 0.391. The Balaban J connectivity index is 1.14. The van der Waals surface area contributed by atoms with E-state index in [4.69, 9.17) is 14.2 Å². The van der Waals surface area contributed by atoms with Crippen molar-refractivity contribution in [2.75, 3.05) is 44.5 Å². The molecule has 31 heavy (non-hydrogen) atoms. The molecule has 0 radical (unpaired) electrons. The van der Waals surface area contributed by atoms with Crippen molar-refractivity contribution in [2.45, 2.75) is 19.4 Å². The molecular weight excluding hydrogens is 398 g/mol. The summed E-state index contributed by atoms with van der Waals surface area (Å²) in [6.07, 6.45) is 1.60. The van der Waals surface area contributed by atoms with Gasteiger partial charge in [-0.25, -0.2) is 0 Å². The van der Waals surface area contributed by atoms with Gasteiger partial charge in [-0.15, -0.1) is 0 Å². The monoisotopic (exact) mass is 425 g/mol. The second-order valence-corrected chi connectivity index (χ2v) is 7.50. The highest BCUT2D eigenvalue weighted by Crippen LogP contribution is 2.32. The topological polar surface area (TPSA) is 89.1 Å². The van der Waals surface area contributed by atoms with Gasteiger partial charge in [0.15, 0.2) is 11.5 Å². The van der Waals surface area contributed by atoms with Crippen molar-refractivity contribution in [3.63, 3.8) is 0 Å². The Morgan fingerprint density at radius 3 is 2.39 bits per heavy atom. The maximum Gasteiger partial charge on any atom is 0.309 e. The van der Waals surface area contributed by atoms with Gasteiger partial charge in [0, 0.05) is 31.9 Å². The van der Waals surface area contributed by atoms with Gasteiger partial charge >= 0.3 is 11.8 Å². The largest absolute Gasteiger partial charge is 0.454 e. The third kappa shape index (κ3) is 5.67. The molecule has 2 aromatic rings. The highest BCUT2D eigenvalue weighted by Gasteiger charge is 2.16. The molecule has 8 nitrogen and oxygen atoms in total. The van der Waals surface area contributed by atoms with E-state index in [0.29, 0.717) is 18.0 Å². The van der Waals surface area contributed by atoms with Crippen LogP contribution >= 0.6 is 0 Å². The van der Waals surface area contributed by atoms with Gasteiger partial charge in [0.05, 0.1) is 13.2 Å². The Kier molecular flexibility index (Phi) is 6.89. The average molecular weight is 425 g/mol. The molecule has 2 aliphatic heterocycles. The molecular formula is C23H27N3O5. The predicted molar refractivity (Wildman–Crippen MR) is 115 cm³/mol. The van der Waals surface area contributed by atoms with Crippen molar-refractivity contribution in [2.24, 2.45) is 0 Å². The third-order valence-corrected chi connectivity index (χ3v) is 5.34. The Hall–Kier alpha value is -3.26. The molecule has 1 fully saturated rings. The number of nitrogens with one attached hydrogen (secondary N) is 2. The van der Waals surface area contributed by atoms with Gasteiger partial charge in [0.1, 0.15) is 0 Å². The van der Waals surface area contributed by atoms with E-state index in [0.717, 1.165) is 44.7 Å². The highest BCUT2D eigenvalue weighted by molar-refractivity contribution is 6.35. The number of nitrogens with zero attached hydrogens (tertiary/aromatic N) is 1. The van der Waals surface area contributed by atoms with Crippen molar-refractivity contribution in [1.82, 2.24) is 10.6 Å². The Bertz CT molecular complexity index is 910. The van der Waals surface area contributed by atoms with Crippen molar-refractivity contribution in [3.8, 4) is 11.5 Å². The maximum atomic E-state index is 12.0. The Morgan fingerprint density at radius 1 is 0.871 bits per heavy atom. The molecule has 8 heteroatoms. The minimum absolute atomic E-state index is 0.200. The first-order valence-electron chi connectivity index (χ1n) is 10.6. The van der Waals surface area contributed by atoms with Crippen LogP contribution in [0.5, 0.6) is 11.5 Å². The molecule has 0 spiro atoms. The zero-order valence-corrected chi connectivity index (χ0v) is 17.4. The second-order valence-electron chi connectivity index (χ2n) is 7.50. The molecule has 0 unspecified atom stereocenters. The summed E-state index contributed by atoms with van der Waals surface area (Å²) in [5.41, 5.74) is 3.25. The van der Waals surface area contributed by atoms with E-state index < -0.39 is 11.8 Å². The first-order valence-corrected chi connectivity index (χ1v) is 10.6. The van der Waals surface area contributed by atoms with E-state index >= 15 is 0 Å². The molecule has 2 aromatic carbocycles. The van der Waals surface area contributed by atoms with Crippen molar-refractivity contribution in [3.05, 3.63) is 53.6 Å². The highest BCUT2D eigenvalue weighted by atomic mass is 16.7. The van der Waals surface area contributed by atoms with Crippen LogP contribution in [0.2, 0.25) is 0 Å². The van der Waals surface area contributed by atoms with Gasteiger partial charge in [-0.2, -0.15) is 0 Å². The number of carbonyl (C=O) groups is 2. The minimum Gasteiger partial charge on any atom is -0.454 e. The smallest absolute Gasteiger partial charge is 0.309 e. The number of carbonyl (C=O) groups excluding carboxylic acids is 2. The third-order valence-electron chi connectivity index (χ3n) is 5.34. The number of fused-ring (bicyclic) bond motifs is 1. The van der Waals surface area contributed by atoms with E-state index in [1.54, 1.807) is 12.1 Å². The van der Waals surface area contributed by atoms with Gasteiger partial charge in [-0.3, -0.25) is 9.59 Å². The normalized spacial score (nSPS) is 14.9. The Labute approximate surface area is 181 Å². The first-order chi connectivity index (χ1) is 15.2. The number of aryl methyl sites for hydroxylation is 1. The molecule has 0 bridgehead atoms. The molecule has 2 aliphatic rings. The summed E-state index contributed by atoms with van der Waals surface area (Å²) in [5, 5.41) is 5.30. The lowest BCUT2D eigenvalue weighted by Crippen LogP contribution is -2.40. The van der Waals surface area contributed by atoms with Gasteiger partial charge in [0.25, 0.3) is 0 Å². The van der Waals surface area contributed by atoms with E-state index in [-0.39, 0.29) is 13.3 Å².